The molecule has 1 aliphatic rings. The fourth-order valence-corrected chi connectivity index (χ4v) is 2.99. The molecule has 0 bridgehead atoms. The molecule has 2 aromatic carbocycles. The Kier molecular flexibility index (Phi) is 5.95. The largest absolute Gasteiger partial charge is 0.362 e. The average Bonchev–Trinajstić information content (AvgIpc) is 3.02. The van der Waals surface area contributed by atoms with Crippen molar-refractivity contribution < 1.29 is 9.13 Å². The summed E-state index contributed by atoms with van der Waals surface area (Å²) in [5.74, 6) is 5.39. The van der Waals surface area contributed by atoms with Crippen LogP contribution in [0.15, 0.2) is 59.6 Å². The van der Waals surface area contributed by atoms with Crippen LogP contribution in [0.4, 0.5) is 4.39 Å². The second kappa shape index (κ2) is 8.57. The molecule has 1 fully saturated rings. The first-order valence-corrected chi connectivity index (χ1v) is 8.33. The summed E-state index contributed by atoms with van der Waals surface area (Å²) in [4.78, 5) is 6.50. The highest BCUT2D eigenvalue weighted by Gasteiger charge is 2.32. The molecule has 3 nitrogen and oxygen atoms in total. The Morgan fingerprint density at radius 1 is 1.12 bits per heavy atom. The van der Waals surface area contributed by atoms with E-state index in [0.29, 0.717) is 5.56 Å². The van der Waals surface area contributed by atoms with Gasteiger partial charge in [0.25, 0.3) is 0 Å². The fraction of sp³-hybridized carbons (Fsp3) is 0.286. The summed E-state index contributed by atoms with van der Waals surface area (Å²) in [5.41, 5.74) is 1.66. The van der Waals surface area contributed by atoms with Crippen LogP contribution < -0.4 is 0 Å². The zero-order valence-corrected chi connectivity index (χ0v) is 14.1. The zero-order chi connectivity index (χ0) is 17.5. The van der Waals surface area contributed by atoms with E-state index in [0.717, 1.165) is 19.6 Å². The predicted octanol–water partition coefficient (Wildman–Crippen LogP) is 3.15. The maximum atomic E-state index is 13.5. The topological polar surface area (TPSA) is 24.8 Å². The van der Waals surface area contributed by atoms with Gasteiger partial charge in [-0.05, 0) is 24.4 Å². The Morgan fingerprint density at radius 2 is 1.88 bits per heavy atom. The molecular weight excluding hydrogens is 315 g/mol. The SMILES string of the molecule is C=N[C@@H]1CN(Cc2ccccc2)C[C@H]1OCC#Cc1ccccc1F. The smallest absolute Gasteiger partial charge is 0.138 e. The van der Waals surface area contributed by atoms with Crippen molar-refractivity contribution in [3.8, 4) is 11.8 Å². The van der Waals surface area contributed by atoms with Gasteiger partial charge in [0.1, 0.15) is 12.4 Å². The van der Waals surface area contributed by atoms with Crippen LogP contribution in [0.3, 0.4) is 0 Å². The number of halogens is 1. The zero-order valence-electron chi connectivity index (χ0n) is 14.1. The number of rotatable bonds is 5. The van der Waals surface area contributed by atoms with Gasteiger partial charge in [-0.25, -0.2) is 4.39 Å². The van der Waals surface area contributed by atoms with Crippen molar-refractivity contribution in [1.82, 2.24) is 4.90 Å². The van der Waals surface area contributed by atoms with E-state index in [1.165, 1.54) is 11.6 Å². The van der Waals surface area contributed by atoms with E-state index >= 15 is 0 Å². The van der Waals surface area contributed by atoms with Gasteiger partial charge in [-0.3, -0.25) is 9.89 Å². The molecule has 4 heteroatoms. The third-order valence-corrected chi connectivity index (χ3v) is 4.26. The van der Waals surface area contributed by atoms with Gasteiger partial charge in [0, 0.05) is 19.6 Å². The van der Waals surface area contributed by atoms with Gasteiger partial charge in [-0.1, -0.05) is 54.3 Å². The molecule has 2 aromatic rings. The number of hydrogen-bond acceptors (Lipinski definition) is 3. The number of aliphatic imine (C=N–C) groups is 1. The normalized spacial score (nSPS) is 20.0. The minimum Gasteiger partial charge on any atom is -0.362 e. The maximum absolute atomic E-state index is 13.5. The number of hydrogen-bond donors (Lipinski definition) is 0. The van der Waals surface area contributed by atoms with Crippen LogP contribution in [0.1, 0.15) is 11.1 Å². The van der Waals surface area contributed by atoms with Gasteiger partial charge in [0.05, 0.1) is 17.7 Å². The van der Waals surface area contributed by atoms with E-state index in [4.69, 9.17) is 4.74 Å². The molecule has 2 atom stereocenters. The van der Waals surface area contributed by atoms with Crippen molar-refractivity contribution in [1.29, 1.82) is 0 Å². The Labute approximate surface area is 148 Å². The lowest BCUT2D eigenvalue weighted by atomic mass is 10.2. The fourth-order valence-electron chi connectivity index (χ4n) is 2.99. The molecule has 0 unspecified atom stereocenters. The summed E-state index contributed by atoms with van der Waals surface area (Å²) in [7, 11) is 0. The van der Waals surface area contributed by atoms with Crippen molar-refractivity contribution in [3.05, 3.63) is 71.5 Å². The summed E-state index contributed by atoms with van der Waals surface area (Å²) < 4.78 is 19.4. The molecule has 0 N–H and O–H groups in total. The highest BCUT2D eigenvalue weighted by molar-refractivity contribution is 5.35. The highest BCUT2D eigenvalue weighted by Crippen LogP contribution is 2.19. The van der Waals surface area contributed by atoms with Crippen LogP contribution in [-0.4, -0.2) is 43.5 Å². The molecule has 1 saturated heterocycles. The van der Waals surface area contributed by atoms with Crippen molar-refractivity contribution >= 4 is 6.72 Å². The van der Waals surface area contributed by atoms with Gasteiger partial charge in [0.2, 0.25) is 0 Å². The molecule has 25 heavy (non-hydrogen) atoms. The van der Waals surface area contributed by atoms with Gasteiger partial charge in [-0.2, -0.15) is 0 Å². The van der Waals surface area contributed by atoms with Crippen LogP contribution in [-0.2, 0) is 11.3 Å². The standard InChI is InChI=1S/C21H21FN2O/c1-23-20-15-24(14-17-8-3-2-4-9-17)16-21(20)25-13-7-11-18-10-5-6-12-19(18)22/h2-6,8-10,12,20-21H,1,13-16H2/t20-,21-/m1/s1. The third-order valence-electron chi connectivity index (χ3n) is 4.26. The lowest BCUT2D eigenvalue weighted by Crippen LogP contribution is -2.26. The summed E-state index contributed by atoms with van der Waals surface area (Å²) in [5, 5.41) is 0. The Bertz CT molecular complexity index is 766. The quantitative estimate of drug-likeness (QED) is 0.619. The minimum absolute atomic E-state index is 0.0314. The highest BCUT2D eigenvalue weighted by atomic mass is 19.1. The van der Waals surface area contributed by atoms with Crippen LogP contribution in [0.2, 0.25) is 0 Å². The first-order chi connectivity index (χ1) is 12.3. The monoisotopic (exact) mass is 336 g/mol. The van der Waals surface area contributed by atoms with E-state index in [-0.39, 0.29) is 24.6 Å². The second-order valence-electron chi connectivity index (χ2n) is 6.06. The van der Waals surface area contributed by atoms with Gasteiger partial charge in [0.15, 0.2) is 0 Å². The number of likely N-dealkylation sites (tertiary alicyclic amines) is 1. The van der Waals surface area contributed by atoms with Crippen LogP contribution in [0.5, 0.6) is 0 Å². The van der Waals surface area contributed by atoms with Gasteiger partial charge < -0.3 is 4.74 Å². The van der Waals surface area contributed by atoms with E-state index in [9.17, 15) is 4.39 Å². The maximum Gasteiger partial charge on any atom is 0.138 e. The van der Waals surface area contributed by atoms with Crippen molar-refractivity contribution in [2.45, 2.75) is 18.7 Å². The molecule has 1 heterocycles. The number of benzene rings is 2. The molecule has 1 aliphatic heterocycles. The third kappa shape index (κ3) is 4.76. The predicted molar refractivity (Wildman–Crippen MR) is 98.1 cm³/mol. The minimum atomic E-state index is -0.310. The molecule has 0 radical (unpaired) electrons. The molecule has 3 rings (SSSR count). The summed E-state index contributed by atoms with van der Waals surface area (Å²) in [6, 6.07) is 16.9. The van der Waals surface area contributed by atoms with E-state index in [1.54, 1.807) is 18.2 Å². The van der Waals surface area contributed by atoms with E-state index < -0.39 is 0 Å². The molecule has 0 amide bonds. The number of ether oxygens (including phenoxy) is 1. The first kappa shape index (κ1) is 17.3. The van der Waals surface area contributed by atoms with Crippen LogP contribution in [0.25, 0.3) is 0 Å². The summed E-state index contributed by atoms with van der Waals surface area (Å²) in [6.45, 7) is 6.42. The summed E-state index contributed by atoms with van der Waals surface area (Å²) in [6.07, 6.45) is -0.0314. The molecule has 0 aromatic heterocycles. The molecule has 0 saturated carbocycles. The van der Waals surface area contributed by atoms with Crippen molar-refractivity contribution in [2.24, 2.45) is 4.99 Å². The van der Waals surface area contributed by atoms with Crippen LogP contribution in [0, 0.1) is 17.7 Å². The molecular formula is C21H21FN2O. The second-order valence-corrected chi connectivity index (χ2v) is 6.06. The average molecular weight is 336 g/mol. The lowest BCUT2D eigenvalue weighted by molar-refractivity contribution is 0.0748. The van der Waals surface area contributed by atoms with Crippen LogP contribution >= 0.6 is 0 Å². The molecule has 128 valence electrons. The Morgan fingerprint density at radius 3 is 2.64 bits per heavy atom. The Hall–Kier alpha value is -2.48. The lowest BCUT2D eigenvalue weighted by Gasteiger charge is -2.15. The molecule has 0 aliphatic carbocycles. The van der Waals surface area contributed by atoms with Gasteiger partial charge >= 0.3 is 0 Å². The molecule has 0 spiro atoms. The first-order valence-electron chi connectivity index (χ1n) is 8.33. The Balaban J connectivity index is 1.53. The van der Waals surface area contributed by atoms with Gasteiger partial charge in [-0.15, -0.1) is 0 Å². The van der Waals surface area contributed by atoms with Crippen molar-refractivity contribution in [3.63, 3.8) is 0 Å². The summed E-state index contributed by atoms with van der Waals surface area (Å²) >= 11 is 0. The van der Waals surface area contributed by atoms with Crippen molar-refractivity contribution in [2.75, 3.05) is 19.7 Å². The van der Waals surface area contributed by atoms with E-state index in [2.05, 4.69) is 40.6 Å². The number of nitrogens with zero attached hydrogens (tertiary/aromatic N) is 2. The van der Waals surface area contributed by atoms with E-state index in [1.807, 2.05) is 18.2 Å².